The fourth-order valence-corrected chi connectivity index (χ4v) is 2.23. The Morgan fingerprint density at radius 3 is 2.43 bits per heavy atom. The molecule has 1 aliphatic carbocycles. The lowest BCUT2D eigenvalue weighted by Crippen LogP contribution is -2.41. The second kappa shape index (κ2) is 7.24. The second-order valence-corrected chi connectivity index (χ2v) is 4.41. The molecule has 0 spiro atoms. The number of nitrogens with zero attached hydrogens (tertiary/aromatic N) is 1. The summed E-state index contributed by atoms with van der Waals surface area (Å²) in [4.78, 5) is 2.49. The van der Waals surface area contributed by atoms with Crippen LogP contribution in [0.5, 0.6) is 0 Å². The first-order valence-corrected chi connectivity index (χ1v) is 6.32. The van der Waals surface area contributed by atoms with Gasteiger partial charge in [0.2, 0.25) is 0 Å². The number of nitrogens with one attached hydrogen (secondary N) is 1. The van der Waals surface area contributed by atoms with Crippen molar-refractivity contribution in [2.45, 2.75) is 58.4 Å². The molecule has 2 heteroatoms. The van der Waals surface area contributed by atoms with Gasteiger partial charge in [0.1, 0.15) is 0 Å². The zero-order valence-corrected chi connectivity index (χ0v) is 9.89. The van der Waals surface area contributed by atoms with Crippen LogP contribution in [0.1, 0.15) is 52.4 Å². The maximum absolute atomic E-state index is 3.68. The van der Waals surface area contributed by atoms with E-state index in [0.29, 0.717) is 0 Å². The minimum absolute atomic E-state index is 0.801. The molecular formula is C12H26N2. The molecular weight excluding hydrogens is 172 g/mol. The van der Waals surface area contributed by atoms with Crippen LogP contribution in [0.25, 0.3) is 0 Å². The van der Waals surface area contributed by atoms with E-state index < -0.39 is 0 Å². The molecule has 0 aromatic heterocycles. The molecule has 0 aromatic carbocycles. The Balaban J connectivity index is 2.10. The van der Waals surface area contributed by atoms with Crippen molar-refractivity contribution in [2.75, 3.05) is 19.8 Å². The van der Waals surface area contributed by atoms with Crippen molar-refractivity contribution in [3.8, 4) is 0 Å². The molecule has 0 bridgehead atoms. The predicted molar refractivity (Wildman–Crippen MR) is 62.4 cm³/mol. The van der Waals surface area contributed by atoms with Crippen LogP contribution in [0.3, 0.4) is 0 Å². The Kier molecular flexibility index (Phi) is 6.20. The van der Waals surface area contributed by atoms with Crippen molar-refractivity contribution < 1.29 is 0 Å². The summed E-state index contributed by atoms with van der Waals surface area (Å²) >= 11 is 0. The summed E-state index contributed by atoms with van der Waals surface area (Å²) in [6.07, 6.45) is 8.35. The van der Waals surface area contributed by atoms with Crippen molar-refractivity contribution in [3.63, 3.8) is 0 Å². The van der Waals surface area contributed by atoms with Gasteiger partial charge in [0.05, 0.1) is 0 Å². The molecule has 1 rings (SSSR count). The largest absolute Gasteiger partial charge is 0.302 e. The average molecular weight is 198 g/mol. The van der Waals surface area contributed by atoms with Crippen LogP contribution in [0.2, 0.25) is 0 Å². The highest BCUT2D eigenvalue weighted by atomic mass is 15.2. The van der Waals surface area contributed by atoms with Crippen molar-refractivity contribution in [1.82, 2.24) is 10.2 Å². The SMILES string of the molecule is CCCN(CC)CNC1CCCCC1. The lowest BCUT2D eigenvalue weighted by atomic mass is 9.96. The van der Waals surface area contributed by atoms with Crippen molar-refractivity contribution in [2.24, 2.45) is 0 Å². The van der Waals surface area contributed by atoms with Gasteiger partial charge in [0.25, 0.3) is 0 Å². The summed E-state index contributed by atoms with van der Waals surface area (Å²) in [5, 5.41) is 3.68. The maximum Gasteiger partial charge on any atom is 0.0482 e. The molecule has 0 atom stereocenters. The molecule has 84 valence electrons. The zero-order chi connectivity index (χ0) is 10.2. The lowest BCUT2D eigenvalue weighted by Gasteiger charge is -2.27. The lowest BCUT2D eigenvalue weighted by molar-refractivity contribution is 0.235. The molecule has 1 N–H and O–H groups in total. The van der Waals surface area contributed by atoms with Gasteiger partial charge in [0.15, 0.2) is 0 Å². The van der Waals surface area contributed by atoms with Gasteiger partial charge >= 0.3 is 0 Å². The van der Waals surface area contributed by atoms with Crippen LogP contribution < -0.4 is 5.32 Å². The third-order valence-electron chi connectivity index (χ3n) is 3.20. The van der Waals surface area contributed by atoms with Gasteiger partial charge in [-0.1, -0.05) is 33.1 Å². The number of rotatable bonds is 6. The smallest absolute Gasteiger partial charge is 0.0482 e. The average Bonchev–Trinajstić information content (AvgIpc) is 2.25. The van der Waals surface area contributed by atoms with Gasteiger partial charge in [-0.15, -0.1) is 0 Å². The quantitative estimate of drug-likeness (QED) is 0.660. The third-order valence-corrected chi connectivity index (χ3v) is 3.20. The standard InChI is InChI=1S/C12H26N2/c1-3-10-14(4-2)11-13-12-8-6-5-7-9-12/h12-13H,3-11H2,1-2H3. The summed E-state index contributed by atoms with van der Waals surface area (Å²) in [7, 11) is 0. The monoisotopic (exact) mass is 198 g/mol. The Bertz CT molecular complexity index is 126. The molecule has 2 nitrogen and oxygen atoms in total. The Morgan fingerprint density at radius 2 is 1.86 bits per heavy atom. The van der Waals surface area contributed by atoms with E-state index in [9.17, 15) is 0 Å². The van der Waals surface area contributed by atoms with Crippen molar-refractivity contribution in [1.29, 1.82) is 0 Å². The topological polar surface area (TPSA) is 15.3 Å². The van der Waals surface area contributed by atoms with Gasteiger partial charge in [-0.3, -0.25) is 4.90 Å². The minimum atomic E-state index is 0.801. The highest BCUT2D eigenvalue weighted by Gasteiger charge is 2.12. The summed E-state index contributed by atoms with van der Waals surface area (Å²) in [6.45, 7) is 8.00. The van der Waals surface area contributed by atoms with E-state index in [2.05, 4.69) is 24.1 Å². The van der Waals surface area contributed by atoms with Crippen LogP contribution in [0.4, 0.5) is 0 Å². The Morgan fingerprint density at radius 1 is 1.14 bits per heavy atom. The third kappa shape index (κ3) is 4.43. The van der Waals surface area contributed by atoms with E-state index in [0.717, 1.165) is 12.7 Å². The minimum Gasteiger partial charge on any atom is -0.302 e. The molecule has 0 unspecified atom stereocenters. The molecule has 0 heterocycles. The van der Waals surface area contributed by atoms with Crippen LogP contribution in [-0.2, 0) is 0 Å². The summed E-state index contributed by atoms with van der Waals surface area (Å²) in [6, 6.07) is 0.801. The molecule has 0 aromatic rings. The molecule has 1 fully saturated rings. The highest BCUT2D eigenvalue weighted by molar-refractivity contribution is 4.71. The molecule has 0 aliphatic heterocycles. The van der Waals surface area contributed by atoms with Gasteiger partial charge in [-0.2, -0.15) is 0 Å². The van der Waals surface area contributed by atoms with Crippen LogP contribution in [-0.4, -0.2) is 30.7 Å². The van der Waals surface area contributed by atoms with E-state index in [1.807, 2.05) is 0 Å². The molecule has 1 saturated carbocycles. The second-order valence-electron chi connectivity index (χ2n) is 4.41. The highest BCUT2D eigenvalue weighted by Crippen LogP contribution is 2.17. The maximum atomic E-state index is 3.68. The van der Waals surface area contributed by atoms with Gasteiger partial charge in [0, 0.05) is 12.7 Å². The fourth-order valence-electron chi connectivity index (χ4n) is 2.23. The Labute approximate surface area is 89.1 Å². The van der Waals surface area contributed by atoms with Gasteiger partial charge < -0.3 is 5.32 Å². The molecule has 14 heavy (non-hydrogen) atoms. The molecule has 1 aliphatic rings. The first-order valence-electron chi connectivity index (χ1n) is 6.32. The van der Waals surface area contributed by atoms with Gasteiger partial charge in [-0.05, 0) is 32.4 Å². The number of hydrogen-bond acceptors (Lipinski definition) is 2. The summed E-state index contributed by atoms with van der Waals surface area (Å²) < 4.78 is 0. The molecule has 0 amide bonds. The predicted octanol–water partition coefficient (Wildman–Crippen LogP) is 2.60. The molecule has 0 saturated heterocycles. The van der Waals surface area contributed by atoms with E-state index in [4.69, 9.17) is 0 Å². The zero-order valence-electron chi connectivity index (χ0n) is 9.89. The normalized spacial score (nSPS) is 19.1. The van der Waals surface area contributed by atoms with E-state index in [1.54, 1.807) is 0 Å². The van der Waals surface area contributed by atoms with Crippen LogP contribution >= 0.6 is 0 Å². The first-order chi connectivity index (χ1) is 6.86. The Hall–Kier alpha value is -0.0800. The van der Waals surface area contributed by atoms with E-state index in [1.165, 1.54) is 51.6 Å². The fraction of sp³-hybridized carbons (Fsp3) is 1.00. The van der Waals surface area contributed by atoms with Gasteiger partial charge in [-0.25, -0.2) is 0 Å². The summed E-state index contributed by atoms with van der Waals surface area (Å²) in [5.41, 5.74) is 0. The number of hydrogen-bond donors (Lipinski definition) is 1. The van der Waals surface area contributed by atoms with Crippen LogP contribution in [0, 0.1) is 0 Å². The first kappa shape index (κ1) is 12.0. The van der Waals surface area contributed by atoms with E-state index >= 15 is 0 Å². The summed E-state index contributed by atoms with van der Waals surface area (Å²) in [5.74, 6) is 0. The van der Waals surface area contributed by atoms with Crippen molar-refractivity contribution in [3.05, 3.63) is 0 Å². The molecule has 0 radical (unpaired) electrons. The van der Waals surface area contributed by atoms with E-state index in [-0.39, 0.29) is 0 Å². The van der Waals surface area contributed by atoms with Crippen LogP contribution in [0.15, 0.2) is 0 Å². The van der Waals surface area contributed by atoms with Crippen molar-refractivity contribution >= 4 is 0 Å².